The molecule has 0 atom stereocenters. The van der Waals surface area contributed by atoms with Gasteiger partial charge in [-0.25, -0.2) is 0 Å². The zero-order valence-corrected chi connectivity index (χ0v) is 16.2. The Labute approximate surface area is 175 Å². The summed E-state index contributed by atoms with van der Waals surface area (Å²) in [7, 11) is 0. The molecule has 0 amide bonds. The maximum absolute atomic E-state index is 4.45. The smallest absolute Gasteiger partial charge is 0.0347 e. The van der Waals surface area contributed by atoms with Crippen molar-refractivity contribution in [1.82, 2.24) is 19.9 Å². The monoisotopic (exact) mass is 386 g/mol. The fourth-order valence-electron chi connectivity index (χ4n) is 3.46. The number of rotatable bonds is 4. The third-order valence-electron chi connectivity index (χ3n) is 5.00. The van der Waals surface area contributed by atoms with E-state index in [4.69, 9.17) is 0 Å². The highest BCUT2D eigenvalue weighted by Crippen LogP contribution is 2.30. The molecule has 5 rings (SSSR count). The van der Waals surface area contributed by atoms with Crippen LogP contribution in [0.15, 0.2) is 110 Å². The molecule has 1 aromatic carbocycles. The first-order valence-corrected chi connectivity index (χ1v) is 9.68. The number of benzene rings is 1. The molecule has 4 aromatic heterocycles. The van der Waals surface area contributed by atoms with E-state index < -0.39 is 0 Å². The van der Waals surface area contributed by atoms with Gasteiger partial charge in [0.05, 0.1) is 0 Å². The minimum atomic E-state index is 1.05. The molecule has 0 aliphatic heterocycles. The van der Waals surface area contributed by atoms with E-state index in [2.05, 4.69) is 56.3 Å². The lowest BCUT2D eigenvalue weighted by molar-refractivity contribution is 1.29. The molecule has 0 saturated heterocycles. The zero-order chi connectivity index (χ0) is 20.2. The summed E-state index contributed by atoms with van der Waals surface area (Å²) in [6.07, 6.45) is 14.8. The van der Waals surface area contributed by atoms with Crippen LogP contribution in [0.4, 0.5) is 0 Å². The Hall–Kier alpha value is -4.18. The first-order valence-electron chi connectivity index (χ1n) is 9.68. The normalized spacial score (nSPS) is 10.7. The van der Waals surface area contributed by atoms with Gasteiger partial charge in [-0.05, 0) is 41.5 Å². The molecule has 5 aromatic rings. The van der Waals surface area contributed by atoms with Crippen LogP contribution in [-0.4, -0.2) is 19.9 Å². The van der Waals surface area contributed by atoms with Crippen molar-refractivity contribution in [2.75, 3.05) is 0 Å². The third-order valence-corrected chi connectivity index (χ3v) is 5.00. The minimum absolute atomic E-state index is 1.05. The first-order chi connectivity index (χ1) is 14.9. The number of nitrogens with zero attached hydrogens (tertiary/aromatic N) is 4. The molecule has 0 fully saturated rings. The second-order valence-electron chi connectivity index (χ2n) is 6.99. The van der Waals surface area contributed by atoms with E-state index >= 15 is 0 Å². The standard InChI is InChI=1S/C26H18N4/c1-4-19(23-11-25(17-29-15-23)21-6-2-8-27-13-21)10-20(5-1)24-12-26(18-30-16-24)22-7-3-9-28-14-22/h1-18H. The Bertz CT molecular complexity index is 1190. The molecule has 4 heterocycles. The second kappa shape index (κ2) is 8.05. The Morgan fingerprint density at radius 2 is 0.700 bits per heavy atom. The van der Waals surface area contributed by atoms with Gasteiger partial charge in [-0.15, -0.1) is 0 Å². The highest BCUT2D eigenvalue weighted by molar-refractivity contribution is 5.77. The summed E-state index contributed by atoms with van der Waals surface area (Å²) in [6.45, 7) is 0. The summed E-state index contributed by atoms with van der Waals surface area (Å²) < 4.78 is 0. The van der Waals surface area contributed by atoms with Crippen LogP contribution in [0.25, 0.3) is 44.5 Å². The highest BCUT2D eigenvalue weighted by Gasteiger charge is 2.07. The van der Waals surface area contributed by atoms with Crippen LogP contribution in [0.5, 0.6) is 0 Å². The molecule has 0 saturated carbocycles. The predicted molar refractivity (Wildman–Crippen MR) is 119 cm³/mol. The van der Waals surface area contributed by atoms with Gasteiger partial charge in [0.25, 0.3) is 0 Å². The molecule has 0 bridgehead atoms. The van der Waals surface area contributed by atoms with Crippen LogP contribution >= 0.6 is 0 Å². The molecule has 30 heavy (non-hydrogen) atoms. The van der Waals surface area contributed by atoms with Gasteiger partial charge in [0.2, 0.25) is 0 Å². The van der Waals surface area contributed by atoms with E-state index in [-0.39, 0.29) is 0 Å². The fraction of sp³-hybridized carbons (Fsp3) is 0. The summed E-state index contributed by atoms with van der Waals surface area (Å²) in [5.74, 6) is 0. The Morgan fingerprint density at radius 3 is 1.13 bits per heavy atom. The van der Waals surface area contributed by atoms with Gasteiger partial charge >= 0.3 is 0 Å². The van der Waals surface area contributed by atoms with Crippen molar-refractivity contribution in [3.8, 4) is 44.5 Å². The Kier molecular flexibility index (Phi) is 4.80. The van der Waals surface area contributed by atoms with Gasteiger partial charge in [0.1, 0.15) is 0 Å². The molecule has 4 heteroatoms. The SMILES string of the molecule is c1cncc(-c2cncc(-c3cccc(-c4cncc(-c5cccnc5)c4)c3)c2)c1. The van der Waals surface area contributed by atoms with Crippen molar-refractivity contribution in [2.24, 2.45) is 0 Å². The van der Waals surface area contributed by atoms with Crippen molar-refractivity contribution >= 4 is 0 Å². The fourth-order valence-corrected chi connectivity index (χ4v) is 3.46. The number of hydrogen-bond acceptors (Lipinski definition) is 4. The van der Waals surface area contributed by atoms with E-state index in [1.807, 2.05) is 61.4 Å². The first kappa shape index (κ1) is 17.9. The predicted octanol–water partition coefficient (Wildman–Crippen LogP) is 5.93. The van der Waals surface area contributed by atoms with Crippen LogP contribution in [0.2, 0.25) is 0 Å². The minimum Gasteiger partial charge on any atom is -0.264 e. The number of pyridine rings is 4. The highest BCUT2D eigenvalue weighted by atomic mass is 14.6. The van der Waals surface area contributed by atoms with Gasteiger partial charge in [-0.3, -0.25) is 19.9 Å². The topological polar surface area (TPSA) is 51.6 Å². The number of aromatic nitrogens is 4. The molecule has 0 radical (unpaired) electrons. The second-order valence-corrected chi connectivity index (χ2v) is 6.99. The van der Waals surface area contributed by atoms with E-state index in [1.54, 1.807) is 12.4 Å². The summed E-state index contributed by atoms with van der Waals surface area (Å²) in [6, 6.07) is 20.7. The summed E-state index contributed by atoms with van der Waals surface area (Å²) in [4.78, 5) is 17.3. The largest absolute Gasteiger partial charge is 0.264 e. The van der Waals surface area contributed by atoms with E-state index in [0.29, 0.717) is 0 Å². The van der Waals surface area contributed by atoms with Gasteiger partial charge in [-0.1, -0.05) is 30.3 Å². The van der Waals surface area contributed by atoms with Crippen LogP contribution < -0.4 is 0 Å². The van der Waals surface area contributed by atoms with E-state index in [0.717, 1.165) is 44.5 Å². The third kappa shape index (κ3) is 3.71. The average molecular weight is 386 g/mol. The molecule has 142 valence electrons. The van der Waals surface area contributed by atoms with Crippen molar-refractivity contribution in [2.45, 2.75) is 0 Å². The zero-order valence-electron chi connectivity index (χ0n) is 16.2. The average Bonchev–Trinajstić information content (AvgIpc) is 2.85. The Balaban J connectivity index is 1.52. The molecule has 0 aliphatic rings. The van der Waals surface area contributed by atoms with E-state index in [1.165, 1.54) is 0 Å². The van der Waals surface area contributed by atoms with Crippen molar-refractivity contribution < 1.29 is 0 Å². The van der Waals surface area contributed by atoms with E-state index in [9.17, 15) is 0 Å². The summed E-state index contributed by atoms with van der Waals surface area (Å²) in [5, 5.41) is 0. The lowest BCUT2D eigenvalue weighted by Crippen LogP contribution is -1.87. The summed E-state index contributed by atoms with van der Waals surface area (Å²) in [5.41, 5.74) is 8.55. The lowest BCUT2D eigenvalue weighted by atomic mass is 9.98. The molecule has 0 N–H and O–H groups in total. The van der Waals surface area contributed by atoms with Crippen LogP contribution in [0.1, 0.15) is 0 Å². The Morgan fingerprint density at radius 1 is 0.333 bits per heavy atom. The van der Waals surface area contributed by atoms with Crippen molar-refractivity contribution in [3.05, 3.63) is 110 Å². The van der Waals surface area contributed by atoms with Gasteiger partial charge in [-0.2, -0.15) is 0 Å². The van der Waals surface area contributed by atoms with Crippen LogP contribution in [0.3, 0.4) is 0 Å². The molecule has 0 aliphatic carbocycles. The van der Waals surface area contributed by atoms with Gasteiger partial charge < -0.3 is 0 Å². The van der Waals surface area contributed by atoms with Crippen molar-refractivity contribution in [3.63, 3.8) is 0 Å². The molecule has 0 unspecified atom stereocenters. The van der Waals surface area contributed by atoms with Gasteiger partial charge in [0.15, 0.2) is 0 Å². The van der Waals surface area contributed by atoms with Crippen LogP contribution in [-0.2, 0) is 0 Å². The summed E-state index contributed by atoms with van der Waals surface area (Å²) >= 11 is 0. The molecular weight excluding hydrogens is 368 g/mol. The maximum atomic E-state index is 4.45. The molecular formula is C26H18N4. The van der Waals surface area contributed by atoms with Crippen LogP contribution in [0, 0.1) is 0 Å². The van der Waals surface area contributed by atoms with Crippen molar-refractivity contribution in [1.29, 1.82) is 0 Å². The molecule has 4 nitrogen and oxygen atoms in total. The number of hydrogen-bond donors (Lipinski definition) is 0. The quantitative estimate of drug-likeness (QED) is 0.384. The molecule has 0 spiro atoms. The maximum Gasteiger partial charge on any atom is 0.0347 e. The lowest BCUT2D eigenvalue weighted by Gasteiger charge is -2.09. The van der Waals surface area contributed by atoms with Gasteiger partial charge in [0, 0.05) is 83.0 Å².